The van der Waals surface area contributed by atoms with Crippen LogP contribution in [0.2, 0.25) is 0 Å². The van der Waals surface area contributed by atoms with Gasteiger partial charge in [0.15, 0.2) is 0 Å². The van der Waals surface area contributed by atoms with Crippen molar-refractivity contribution in [3.8, 4) is 0 Å². The number of carbonyl (C=O) groups excluding carboxylic acids is 1. The van der Waals surface area contributed by atoms with Crippen molar-refractivity contribution < 1.29 is 14.3 Å². The average molecular weight is 342 g/mol. The van der Waals surface area contributed by atoms with Gasteiger partial charge < -0.3 is 24.6 Å². The zero-order chi connectivity index (χ0) is 17.8. The Hall–Kier alpha value is -2.80. The number of aromatic nitrogens is 2. The molecule has 0 saturated carbocycles. The number of amides is 2. The molecule has 132 valence electrons. The molecule has 0 radical (unpaired) electrons. The molecule has 3 aromatic heterocycles. The van der Waals surface area contributed by atoms with Gasteiger partial charge in [0.2, 0.25) is 0 Å². The molecule has 0 aromatic carbocycles. The summed E-state index contributed by atoms with van der Waals surface area (Å²) in [7, 11) is 0. The average Bonchev–Trinajstić information content (AvgIpc) is 3.23. The highest BCUT2D eigenvalue weighted by Crippen LogP contribution is 2.18. The minimum absolute atomic E-state index is 0.205. The van der Waals surface area contributed by atoms with Crippen molar-refractivity contribution >= 4 is 11.7 Å². The van der Waals surface area contributed by atoms with Crippen LogP contribution in [0.4, 0.5) is 4.79 Å². The molecule has 2 atom stereocenters. The summed E-state index contributed by atoms with van der Waals surface area (Å²) < 4.78 is 7.14. The fourth-order valence-electron chi connectivity index (χ4n) is 2.72. The van der Waals surface area contributed by atoms with E-state index in [0.29, 0.717) is 18.7 Å². The fourth-order valence-corrected chi connectivity index (χ4v) is 2.72. The van der Waals surface area contributed by atoms with Crippen LogP contribution in [-0.2, 0) is 6.54 Å². The molecule has 25 heavy (non-hydrogen) atoms. The minimum Gasteiger partial charge on any atom is -0.467 e. The van der Waals surface area contributed by atoms with Crippen molar-refractivity contribution in [3.63, 3.8) is 0 Å². The van der Waals surface area contributed by atoms with Gasteiger partial charge in [0.25, 0.3) is 0 Å². The number of nitrogens with zero attached hydrogens (tertiary/aromatic N) is 2. The lowest BCUT2D eigenvalue weighted by atomic mass is 10.1. The van der Waals surface area contributed by atoms with Gasteiger partial charge in [0, 0.05) is 24.4 Å². The third-order valence-electron chi connectivity index (χ3n) is 4.00. The van der Waals surface area contributed by atoms with Crippen molar-refractivity contribution in [1.82, 2.24) is 20.0 Å². The molecule has 0 aliphatic rings. The number of carbonyl (C=O) groups is 1. The van der Waals surface area contributed by atoms with Crippen molar-refractivity contribution in [2.45, 2.75) is 39.0 Å². The van der Waals surface area contributed by atoms with E-state index in [0.717, 1.165) is 17.0 Å². The van der Waals surface area contributed by atoms with Crippen molar-refractivity contribution in [3.05, 3.63) is 59.9 Å². The smallest absolute Gasteiger partial charge is 0.315 e. The fraction of sp³-hybridized carbons (Fsp3) is 0.333. The minimum atomic E-state index is -0.744. The summed E-state index contributed by atoms with van der Waals surface area (Å²) in [5.74, 6) is 0.495. The Bertz CT molecular complexity index is 841. The number of imidazole rings is 1. The van der Waals surface area contributed by atoms with Gasteiger partial charge in [-0.1, -0.05) is 6.07 Å². The molecule has 3 aromatic rings. The summed E-state index contributed by atoms with van der Waals surface area (Å²) >= 11 is 0. The molecule has 7 heteroatoms. The molecule has 0 aliphatic carbocycles. The Balaban J connectivity index is 1.49. The summed E-state index contributed by atoms with van der Waals surface area (Å²) in [6.07, 6.45) is 3.05. The largest absolute Gasteiger partial charge is 0.467 e. The Labute approximate surface area is 145 Å². The zero-order valence-corrected chi connectivity index (χ0v) is 14.3. The van der Waals surface area contributed by atoms with E-state index < -0.39 is 6.10 Å². The first-order valence-electron chi connectivity index (χ1n) is 8.22. The molecule has 2 amide bonds. The number of aryl methyl sites for hydroxylation is 1. The Morgan fingerprint density at radius 3 is 2.92 bits per heavy atom. The number of aliphatic hydroxyl groups excluding tert-OH is 1. The molecule has 0 aliphatic heterocycles. The molecular weight excluding hydrogens is 320 g/mol. The van der Waals surface area contributed by atoms with Gasteiger partial charge in [-0.3, -0.25) is 0 Å². The molecule has 7 nitrogen and oxygen atoms in total. The highest BCUT2D eigenvalue weighted by atomic mass is 16.4. The molecule has 0 bridgehead atoms. The van der Waals surface area contributed by atoms with E-state index in [9.17, 15) is 9.90 Å². The van der Waals surface area contributed by atoms with E-state index in [1.54, 1.807) is 12.1 Å². The van der Waals surface area contributed by atoms with Gasteiger partial charge in [-0.25, -0.2) is 9.78 Å². The van der Waals surface area contributed by atoms with Crippen LogP contribution >= 0.6 is 0 Å². The van der Waals surface area contributed by atoms with Crippen LogP contribution in [0.3, 0.4) is 0 Å². The van der Waals surface area contributed by atoms with Gasteiger partial charge in [-0.15, -0.1) is 0 Å². The first kappa shape index (κ1) is 17.0. The Morgan fingerprint density at radius 1 is 1.36 bits per heavy atom. The first-order chi connectivity index (χ1) is 12.0. The second-order valence-corrected chi connectivity index (χ2v) is 6.12. The third kappa shape index (κ3) is 4.19. The first-order valence-corrected chi connectivity index (χ1v) is 8.22. The second-order valence-electron chi connectivity index (χ2n) is 6.12. The van der Waals surface area contributed by atoms with Gasteiger partial charge in [-0.2, -0.15) is 0 Å². The standard InChI is InChI=1S/C18H22N4O3/c1-12(9-15(23)16-6-4-8-25-16)20-18(24)19-10-14-11-22-13(2)5-3-7-17(22)21-14/h3-8,11-12,15,23H,9-10H2,1-2H3,(H2,19,20,24)/t12-,15+/m0/s1. The lowest BCUT2D eigenvalue weighted by Gasteiger charge is -2.16. The van der Waals surface area contributed by atoms with E-state index >= 15 is 0 Å². The molecule has 0 unspecified atom stereocenters. The normalized spacial score (nSPS) is 13.6. The second kappa shape index (κ2) is 7.40. The van der Waals surface area contributed by atoms with Crippen LogP contribution in [0.1, 0.15) is 36.6 Å². The molecule has 0 spiro atoms. The molecule has 3 heterocycles. The van der Waals surface area contributed by atoms with Gasteiger partial charge in [0.05, 0.1) is 18.5 Å². The monoisotopic (exact) mass is 342 g/mol. The lowest BCUT2D eigenvalue weighted by Crippen LogP contribution is -2.41. The summed E-state index contributed by atoms with van der Waals surface area (Å²) in [4.78, 5) is 16.5. The zero-order valence-electron chi connectivity index (χ0n) is 14.3. The summed E-state index contributed by atoms with van der Waals surface area (Å²) in [5, 5.41) is 15.6. The predicted octanol–water partition coefficient (Wildman–Crippen LogP) is 2.55. The van der Waals surface area contributed by atoms with Crippen molar-refractivity contribution in [2.75, 3.05) is 0 Å². The van der Waals surface area contributed by atoms with Crippen LogP contribution in [-0.4, -0.2) is 26.6 Å². The van der Waals surface area contributed by atoms with E-state index in [2.05, 4.69) is 15.6 Å². The summed E-state index contributed by atoms with van der Waals surface area (Å²) in [6.45, 7) is 4.17. The SMILES string of the molecule is Cc1cccc2nc(CNC(=O)N[C@@H](C)C[C@@H](O)c3ccco3)cn12. The third-order valence-corrected chi connectivity index (χ3v) is 4.00. The number of urea groups is 1. The maximum Gasteiger partial charge on any atom is 0.315 e. The van der Waals surface area contributed by atoms with Gasteiger partial charge in [0.1, 0.15) is 17.5 Å². The topological polar surface area (TPSA) is 91.8 Å². The number of nitrogens with one attached hydrogen (secondary N) is 2. The van der Waals surface area contributed by atoms with Gasteiger partial charge in [-0.05, 0) is 38.1 Å². The molecule has 0 saturated heterocycles. The number of hydrogen-bond donors (Lipinski definition) is 3. The van der Waals surface area contributed by atoms with Crippen molar-refractivity contribution in [1.29, 1.82) is 0 Å². The maximum absolute atomic E-state index is 12.0. The Kier molecular flexibility index (Phi) is 5.04. The molecular formula is C18H22N4O3. The van der Waals surface area contributed by atoms with Crippen LogP contribution in [0.25, 0.3) is 5.65 Å². The van der Waals surface area contributed by atoms with E-state index in [1.807, 2.05) is 42.6 Å². The van der Waals surface area contributed by atoms with Crippen LogP contribution in [0.15, 0.2) is 47.2 Å². The number of rotatable bonds is 6. The maximum atomic E-state index is 12.0. The number of furan rings is 1. The molecule has 3 N–H and O–H groups in total. The quantitative estimate of drug-likeness (QED) is 0.642. The van der Waals surface area contributed by atoms with Crippen molar-refractivity contribution in [2.24, 2.45) is 0 Å². The molecule has 3 rings (SSSR count). The predicted molar refractivity (Wildman–Crippen MR) is 93.0 cm³/mol. The summed E-state index contributed by atoms with van der Waals surface area (Å²) in [5.41, 5.74) is 2.72. The number of hydrogen-bond acceptors (Lipinski definition) is 4. The van der Waals surface area contributed by atoms with Crippen LogP contribution < -0.4 is 10.6 Å². The lowest BCUT2D eigenvalue weighted by molar-refractivity contribution is 0.129. The molecule has 0 fully saturated rings. The number of fused-ring (bicyclic) bond motifs is 1. The highest BCUT2D eigenvalue weighted by Gasteiger charge is 2.16. The summed E-state index contributed by atoms with van der Waals surface area (Å²) in [6, 6.07) is 8.81. The van der Waals surface area contributed by atoms with Gasteiger partial charge >= 0.3 is 6.03 Å². The van der Waals surface area contributed by atoms with E-state index in [4.69, 9.17) is 4.42 Å². The Morgan fingerprint density at radius 2 is 2.20 bits per heavy atom. The van der Waals surface area contributed by atoms with E-state index in [1.165, 1.54) is 6.26 Å². The highest BCUT2D eigenvalue weighted by molar-refractivity contribution is 5.74. The van der Waals surface area contributed by atoms with Crippen LogP contribution in [0, 0.1) is 6.92 Å². The van der Waals surface area contributed by atoms with Crippen LogP contribution in [0.5, 0.6) is 0 Å². The number of aliphatic hydroxyl groups is 1. The number of pyridine rings is 1. The van der Waals surface area contributed by atoms with E-state index in [-0.39, 0.29) is 12.1 Å².